The maximum absolute atomic E-state index is 12.3. The average Bonchev–Trinajstić information content (AvgIpc) is 3.16. The Bertz CT molecular complexity index is 1060. The fourth-order valence-corrected chi connectivity index (χ4v) is 3.66. The second-order valence-electron chi connectivity index (χ2n) is 6.58. The third-order valence-electron chi connectivity index (χ3n) is 4.85. The van der Waals surface area contributed by atoms with Crippen molar-refractivity contribution in [2.45, 2.75) is 12.3 Å². The number of ether oxygens (including phenoxy) is 1. The zero-order valence-corrected chi connectivity index (χ0v) is 14.3. The van der Waals surface area contributed by atoms with Gasteiger partial charge in [-0.1, -0.05) is 18.2 Å². The molecule has 3 aromatic rings. The smallest absolute Gasteiger partial charge is 0.262 e. The fourth-order valence-electron chi connectivity index (χ4n) is 3.66. The molecule has 0 saturated heterocycles. The van der Waals surface area contributed by atoms with E-state index >= 15 is 0 Å². The van der Waals surface area contributed by atoms with Gasteiger partial charge in [-0.3, -0.25) is 9.59 Å². The Labute approximate surface area is 155 Å². The van der Waals surface area contributed by atoms with Crippen LogP contribution in [0.1, 0.15) is 23.6 Å². The van der Waals surface area contributed by atoms with Crippen molar-refractivity contribution in [3.8, 4) is 11.4 Å². The van der Waals surface area contributed by atoms with Crippen LogP contribution in [0.2, 0.25) is 0 Å². The summed E-state index contributed by atoms with van der Waals surface area (Å²) in [6.07, 6.45) is 2.04. The van der Waals surface area contributed by atoms with Crippen molar-refractivity contribution in [2.75, 3.05) is 17.2 Å². The van der Waals surface area contributed by atoms with Crippen molar-refractivity contribution < 1.29 is 14.3 Å². The van der Waals surface area contributed by atoms with E-state index in [2.05, 4.69) is 15.7 Å². The Morgan fingerprint density at radius 1 is 1.00 bits per heavy atom. The SMILES string of the molecule is O=C1COc2cc3c(cc2N1)C(c1ccnn1-c1ccccc1)CC(=O)N3. The average molecular weight is 360 g/mol. The van der Waals surface area contributed by atoms with Crippen molar-refractivity contribution in [3.05, 3.63) is 66.0 Å². The molecule has 2 N–H and O–H groups in total. The number of nitrogens with one attached hydrogen (secondary N) is 2. The quantitative estimate of drug-likeness (QED) is 0.736. The van der Waals surface area contributed by atoms with Crippen LogP contribution in [0.4, 0.5) is 11.4 Å². The molecule has 3 heterocycles. The normalized spacial score (nSPS) is 18.0. The lowest BCUT2D eigenvalue weighted by molar-refractivity contribution is -0.119. The highest BCUT2D eigenvalue weighted by molar-refractivity contribution is 5.99. The van der Waals surface area contributed by atoms with E-state index in [0.717, 1.165) is 16.9 Å². The number of fused-ring (bicyclic) bond motifs is 2. The van der Waals surface area contributed by atoms with Crippen LogP contribution in [-0.4, -0.2) is 28.2 Å². The van der Waals surface area contributed by atoms with Crippen LogP contribution in [0.15, 0.2) is 54.7 Å². The van der Waals surface area contributed by atoms with E-state index in [0.29, 0.717) is 23.5 Å². The number of hydrogen-bond donors (Lipinski definition) is 2. The molecule has 0 aliphatic carbocycles. The first-order chi connectivity index (χ1) is 13.2. The second-order valence-corrected chi connectivity index (χ2v) is 6.58. The summed E-state index contributed by atoms with van der Waals surface area (Å²) in [7, 11) is 0. The minimum absolute atomic E-state index is 0.0239. The number of nitrogens with zero attached hydrogens (tertiary/aromatic N) is 2. The van der Waals surface area contributed by atoms with Gasteiger partial charge < -0.3 is 15.4 Å². The molecule has 2 aromatic carbocycles. The van der Waals surface area contributed by atoms with E-state index in [1.807, 2.05) is 47.1 Å². The molecule has 7 nitrogen and oxygen atoms in total. The molecule has 7 heteroatoms. The molecule has 27 heavy (non-hydrogen) atoms. The molecule has 1 atom stereocenters. The zero-order valence-electron chi connectivity index (χ0n) is 14.3. The van der Waals surface area contributed by atoms with Crippen LogP contribution in [0, 0.1) is 0 Å². The molecule has 1 aromatic heterocycles. The molecule has 134 valence electrons. The zero-order chi connectivity index (χ0) is 18.4. The first-order valence-electron chi connectivity index (χ1n) is 8.69. The second kappa shape index (κ2) is 5.98. The maximum atomic E-state index is 12.3. The minimum atomic E-state index is -0.187. The topological polar surface area (TPSA) is 85.2 Å². The van der Waals surface area contributed by atoms with Crippen molar-refractivity contribution in [3.63, 3.8) is 0 Å². The van der Waals surface area contributed by atoms with Crippen molar-refractivity contribution in [1.82, 2.24) is 9.78 Å². The molecule has 0 fully saturated rings. The van der Waals surface area contributed by atoms with Crippen molar-refractivity contribution in [1.29, 1.82) is 0 Å². The van der Waals surface area contributed by atoms with Crippen molar-refractivity contribution in [2.24, 2.45) is 0 Å². The molecule has 2 amide bonds. The number of carbonyl (C=O) groups is 2. The molecule has 2 aliphatic heterocycles. The number of para-hydroxylation sites is 1. The van der Waals surface area contributed by atoms with Crippen LogP contribution < -0.4 is 15.4 Å². The Balaban J connectivity index is 1.64. The standard InChI is InChI=1S/C20H16N4O3/c25-19-9-14(17-6-7-21-24(17)12-4-2-1-3-5-12)13-8-16-18(10-15(13)22-19)27-11-20(26)23-16/h1-8,10,14H,9,11H2,(H,22,25)(H,23,26). The van der Waals surface area contributed by atoms with Gasteiger partial charge in [-0.15, -0.1) is 0 Å². The predicted molar refractivity (Wildman–Crippen MR) is 99.2 cm³/mol. The van der Waals surface area contributed by atoms with E-state index in [-0.39, 0.29) is 24.3 Å². The van der Waals surface area contributed by atoms with E-state index in [4.69, 9.17) is 4.74 Å². The summed E-state index contributed by atoms with van der Waals surface area (Å²) in [6, 6.07) is 15.4. The van der Waals surface area contributed by atoms with Crippen LogP contribution in [0.3, 0.4) is 0 Å². The monoisotopic (exact) mass is 360 g/mol. The van der Waals surface area contributed by atoms with Gasteiger partial charge in [-0.25, -0.2) is 4.68 Å². The Hall–Kier alpha value is -3.61. The summed E-state index contributed by atoms with van der Waals surface area (Å²) in [4.78, 5) is 24.0. The summed E-state index contributed by atoms with van der Waals surface area (Å²) >= 11 is 0. The molecular weight excluding hydrogens is 344 g/mol. The fraction of sp³-hybridized carbons (Fsp3) is 0.150. The molecule has 2 aliphatic rings. The van der Waals surface area contributed by atoms with Gasteiger partial charge in [-0.05, 0) is 29.8 Å². The van der Waals surface area contributed by atoms with Gasteiger partial charge >= 0.3 is 0 Å². The number of benzene rings is 2. The van der Waals surface area contributed by atoms with E-state index in [9.17, 15) is 9.59 Å². The Morgan fingerprint density at radius 3 is 2.67 bits per heavy atom. The third kappa shape index (κ3) is 2.64. The number of carbonyl (C=O) groups excluding carboxylic acids is 2. The lowest BCUT2D eigenvalue weighted by Crippen LogP contribution is -2.28. The number of rotatable bonds is 2. The number of anilines is 2. The lowest BCUT2D eigenvalue weighted by Gasteiger charge is -2.29. The molecule has 0 spiro atoms. The molecular formula is C20H16N4O3. The first-order valence-corrected chi connectivity index (χ1v) is 8.69. The molecule has 1 unspecified atom stereocenters. The molecule has 0 saturated carbocycles. The van der Waals surface area contributed by atoms with Crippen LogP contribution in [0.5, 0.6) is 5.75 Å². The van der Waals surface area contributed by atoms with Crippen LogP contribution >= 0.6 is 0 Å². The van der Waals surface area contributed by atoms with Gasteiger partial charge in [0.15, 0.2) is 6.61 Å². The number of aromatic nitrogens is 2. The highest BCUT2D eigenvalue weighted by Crippen LogP contribution is 2.43. The molecule has 5 rings (SSSR count). The van der Waals surface area contributed by atoms with Crippen LogP contribution in [0.25, 0.3) is 5.69 Å². The summed E-state index contributed by atoms with van der Waals surface area (Å²) in [5, 5.41) is 10.2. The van der Waals surface area contributed by atoms with Gasteiger partial charge in [-0.2, -0.15) is 5.10 Å². The Kier molecular flexibility index (Phi) is 3.46. The summed E-state index contributed by atoms with van der Waals surface area (Å²) in [5.74, 6) is 0.132. The predicted octanol–water partition coefficient (Wildman–Crippen LogP) is 2.68. The first kappa shape index (κ1) is 15.6. The minimum Gasteiger partial charge on any atom is -0.482 e. The van der Waals surface area contributed by atoms with Crippen LogP contribution in [-0.2, 0) is 9.59 Å². The Morgan fingerprint density at radius 2 is 1.81 bits per heavy atom. The molecule has 0 bridgehead atoms. The van der Waals surface area contributed by atoms with Crippen molar-refractivity contribution >= 4 is 23.2 Å². The summed E-state index contributed by atoms with van der Waals surface area (Å²) < 4.78 is 7.32. The lowest BCUT2D eigenvalue weighted by atomic mass is 9.87. The van der Waals surface area contributed by atoms with E-state index in [1.54, 1.807) is 12.3 Å². The van der Waals surface area contributed by atoms with Gasteiger partial charge in [0, 0.05) is 30.3 Å². The van der Waals surface area contributed by atoms with Gasteiger partial charge in [0.25, 0.3) is 5.91 Å². The van der Waals surface area contributed by atoms with Gasteiger partial charge in [0.1, 0.15) is 5.75 Å². The molecule has 0 radical (unpaired) electrons. The van der Waals surface area contributed by atoms with Gasteiger partial charge in [0.05, 0.1) is 17.1 Å². The largest absolute Gasteiger partial charge is 0.482 e. The highest BCUT2D eigenvalue weighted by atomic mass is 16.5. The number of hydrogen-bond acceptors (Lipinski definition) is 4. The summed E-state index contributed by atoms with van der Waals surface area (Å²) in [6.45, 7) is -0.0239. The summed E-state index contributed by atoms with van der Waals surface area (Å²) in [5.41, 5.74) is 4.10. The third-order valence-corrected chi connectivity index (χ3v) is 4.85. The van der Waals surface area contributed by atoms with E-state index in [1.165, 1.54) is 0 Å². The van der Waals surface area contributed by atoms with Gasteiger partial charge in [0.2, 0.25) is 5.91 Å². The highest BCUT2D eigenvalue weighted by Gasteiger charge is 2.31. The van der Waals surface area contributed by atoms with E-state index < -0.39 is 0 Å². The maximum Gasteiger partial charge on any atom is 0.262 e. The number of amides is 2.